The van der Waals surface area contributed by atoms with E-state index in [2.05, 4.69) is 23.4 Å². The summed E-state index contributed by atoms with van der Waals surface area (Å²) >= 11 is 2.00. The number of nitrogens with one attached hydrogen (secondary N) is 1. The van der Waals surface area contributed by atoms with E-state index < -0.39 is 0 Å². The predicted octanol–water partition coefficient (Wildman–Crippen LogP) is 2.98. The Kier molecular flexibility index (Phi) is 6.33. The van der Waals surface area contributed by atoms with Gasteiger partial charge in [-0.1, -0.05) is 26.2 Å². The largest absolute Gasteiger partial charge is 0.311 e. The lowest BCUT2D eigenvalue weighted by Gasteiger charge is -2.42. The first-order valence-corrected chi connectivity index (χ1v) is 9.21. The lowest BCUT2D eigenvalue weighted by molar-refractivity contribution is 0.115. The van der Waals surface area contributed by atoms with Crippen LogP contribution in [0.4, 0.5) is 0 Å². The molecule has 0 amide bonds. The van der Waals surface area contributed by atoms with Crippen molar-refractivity contribution in [3.8, 4) is 0 Å². The molecule has 0 spiro atoms. The van der Waals surface area contributed by atoms with Crippen LogP contribution in [0.5, 0.6) is 0 Å². The topological polar surface area (TPSA) is 15.3 Å². The van der Waals surface area contributed by atoms with Crippen molar-refractivity contribution in [2.24, 2.45) is 5.92 Å². The summed E-state index contributed by atoms with van der Waals surface area (Å²) < 4.78 is 0. The van der Waals surface area contributed by atoms with Crippen LogP contribution < -0.4 is 5.32 Å². The Morgan fingerprint density at radius 2 is 2.06 bits per heavy atom. The van der Waals surface area contributed by atoms with Gasteiger partial charge in [0.05, 0.1) is 0 Å². The number of nitrogens with zero attached hydrogens (tertiary/aromatic N) is 1. The Morgan fingerprint density at radius 3 is 2.72 bits per heavy atom. The molecule has 1 heterocycles. The summed E-state index contributed by atoms with van der Waals surface area (Å²) in [6.07, 6.45) is 10.9. The third kappa shape index (κ3) is 3.88. The van der Waals surface area contributed by atoms with Gasteiger partial charge in [-0.05, 0) is 31.4 Å². The maximum Gasteiger partial charge on any atom is 0.0223 e. The first-order valence-electron chi connectivity index (χ1n) is 7.81. The van der Waals surface area contributed by atoms with Crippen molar-refractivity contribution in [1.82, 2.24) is 10.2 Å². The molecule has 1 N–H and O–H groups in total. The maximum absolute atomic E-state index is 3.79. The lowest BCUT2D eigenvalue weighted by atomic mass is 9.83. The normalized spacial score (nSPS) is 29.3. The van der Waals surface area contributed by atoms with Crippen LogP contribution in [-0.2, 0) is 0 Å². The average molecular weight is 270 g/mol. The van der Waals surface area contributed by atoms with Gasteiger partial charge in [-0.25, -0.2) is 0 Å². The Bertz CT molecular complexity index is 218. The van der Waals surface area contributed by atoms with E-state index in [-0.39, 0.29) is 0 Å². The lowest BCUT2D eigenvalue weighted by Crippen LogP contribution is -2.57. The fourth-order valence-electron chi connectivity index (χ4n) is 3.66. The predicted molar refractivity (Wildman–Crippen MR) is 82.4 cm³/mol. The van der Waals surface area contributed by atoms with Crippen molar-refractivity contribution in [1.29, 1.82) is 0 Å². The second kappa shape index (κ2) is 7.76. The van der Waals surface area contributed by atoms with Crippen molar-refractivity contribution < 1.29 is 0 Å². The van der Waals surface area contributed by atoms with Crippen molar-refractivity contribution in [2.45, 2.75) is 57.5 Å². The molecule has 106 valence electrons. The highest BCUT2D eigenvalue weighted by Gasteiger charge is 2.30. The van der Waals surface area contributed by atoms with Crippen LogP contribution in [-0.4, -0.2) is 48.6 Å². The summed E-state index contributed by atoms with van der Waals surface area (Å²) in [6, 6.07) is 1.57. The van der Waals surface area contributed by atoms with Crippen molar-refractivity contribution in [2.75, 3.05) is 31.6 Å². The van der Waals surface area contributed by atoms with Crippen LogP contribution in [0, 0.1) is 5.92 Å². The molecule has 2 unspecified atom stereocenters. The van der Waals surface area contributed by atoms with Crippen molar-refractivity contribution in [3.05, 3.63) is 0 Å². The first kappa shape index (κ1) is 14.7. The van der Waals surface area contributed by atoms with Gasteiger partial charge < -0.3 is 5.32 Å². The molecule has 0 aromatic rings. The van der Waals surface area contributed by atoms with Gasteiger partial charge >= 0.3 is 0 Å². The second-order valence-electron chi connectivity index (χ2n) is 5.97. The monoisotopic (exact) mass is 270 g/mol. The summed E-state index contributed by atoms with van der Waals surface area (Å²) in [5.74, 6) is 2.25. The number of hydrogen-bond acceptors (Lipinski definition) is 3. The van der Waals surface area contributed by atoms with Gasteiger partial charge in [0.1, 0.15) is 0 Å². The molecular weight excluding hydrogens is 240 g/mol. The molecule has 0 aromatic heterocycles. The van der Waals surface area contributed by atoms with Gasteiger partial charge in [0.25, 0.3) is 0 Å². The zero-order valence-corrected chi connectivity index (χ0v) is 13.0. The molecule has 0 aromatic carbocycles. The van der Waals surface area contributed by atoms with E-state index in [9.17, 15) is 0 Å². The van der Waals surface area contributed by atoms with Crippen molar-refractivity contribution in [3.63, 3.8) is 0 Å². The van der Waals surface area contributed by atoms with Crippen LogP contribution in [0.2, 0.25) is 0 Å². The SMILES string of the molecule is CCC(CSC)N1CCNC(C2CCCCC2)C1. The minimum atomic E-state index is 0.773. The number of rotatable bonds is 5. The number of piperazine rings is 1. The number of thioether (sulfide) groups is 1. The standard InChI is InChI=1S/C15H30N2S/c1-3-14(12-18-2)17-10-9-16-15(11-17)13-7-5-4-6-8-13/h13-16H,3-12H2,1-2H3. The third-order valence-electron chi connectivity index (χ3n) is 4.80. The summed E-state index contributed by atoms with van der Waals surface area (Å²) in [7, 11) is 0. The Labute approximate surface area is 117 Å². The van der Waals surface area contributed by atoms with Crippen molar-refractivity contribution >= 4 is 11.8 Å². The molecular formula is C15H30N2S. The molecule has 2 aliphatic rings. The zero-order chi connectivity index (χ0) is 12.8. The summed E-state index contributed by atoms with van der Waals surface area (Å²) in [5.41, 5.74) is 0. The molecule has 2 nitrogen and oxygen atoms in total. The molecule has 1 saturated heterocycles. The van der Waals surface area contributed by atoms with Crippen LogP contribution >= 0.6 is 11.8 Å². The molecule has 1 aliphatic carbocycles. The summed E-state index contributed by atoms with van der Waals surface area (Å²) in [4.78, 5) is 2.76. The van der Waals surface area contributed by atoms with Gasteiger partial charge in [0.15, 0.2) is 0 Å². The van der Waals surface area contributed by atoms with Gasteiger partial charge in [-0.2, -0.15) is 11.8 Å². The van der Waals surface area contributed by atoms with Gasteiger partial charge in [-0.15, -0.1) is 0 Å². The fraction of sp³-hybridized carbons (Fsp3) is 1.00. The Hall–Kier alpha value is 0.270. The molecule has 2 rings (SSSR count). The second-order valence-corrected chi connectivity index (χ2v) is 6.88. The highest BCUT2D eigenvalue weighted by atomic mass is 32.2. The quantitative estimate of drug-likeness (QED) is 0.827. The molecule has 2 fully saturated rings. The molecule has 1 saturated carbocycles. The highest BCUT2D eigenvalue weighted by Crippen LogP contribution is 2.28. The number of hydrogen-bond donors (Lipinski definition) is 1. The van der Waals surface area contributed by atoms with Crippen LogP contribution in [0.15, 0.2) is 0 Å². The Morgan fingerprint density at radius 1 is 1.28 bits per heavy atom. The summed E-state index contributed by atoms with van der Waals surface area (Å²) in [5, 5.41) is 3.79. The minimum Gasteiger partial charge on any atom is -0.311 e. The molecule has 1 aliphatic heterocycles. The Balaban J connectivity index is 1.86. The van der Waals surface area contributed by atoms with E-state index in [1.165, 1.54) is 63.9 Å². The molecule has 3 heteroatoms. The van der Waals surface area contributed by atoms with Gasteiger partial charge in [-0.3, -0.25) is 4.90 Å². The van der Waals surface area contributed by atoms with Crippen LogP contribution in [0.1, 0.15) is 45.4 Å². The van der Waals surface area contributed by atoms with Gasteiger partial charge in [0.2, 0.25) is 0 Å². The maximum atomic E-state index is 3.79. The van der Waals surface area contributed by atoms with Crippen LogP contribution in [0.3, 0.4) is 0 Å². The van der Waals surface area contributed by atoms with E-state index in [1.54, 1.807) is 0 Å². The molecule has 0 radical (unpaired) electrons. The van der Waals surface area contributed by atoms with E-state index in [1.807, 2.05) is 11.8 Å². The molecule has 0 bridgehead atoms. The molecule has 18 heavy (non-hydrogen) atoms. The first-order chi connectivity index (χ1) is 8.85. The smallest absolute Gasteiger partial charge is 0.0223 e. The molecule has 2 atom stereocenters. The van der Waals surface area contributed by atoms with E-state index in [0.717, 1.165) is 18.0 Å². The fourth-order valence-corrected chi connectivity index (χ4v) is 4.49. The van der Waals surface area contributed by atoms with Crippen LogP contribution in [0.25, 0.3) is 0 Å². The van der Waals surface area contributed by atoms with Gasteiger partial charge in [0, 0.05) is 37.5 Å². The summed E-state index contributed by atoms with van der Waals surface area (Å²) in [6.45, 7) is 6.09. The van der Waals surface area contributed by atoms with E-state index in [0.29, 0.717) is 0 Å². The minimum absolute atomic E-state index is 0.773. The highest BCUT2D eigenvalue weighted by molar-refractivity contribution is 7.98. The average Bonchev–Trinajstić information content (AvgIpc) is 2.46. The third-order valence-corrected chi connectivity index (χ3v) is 5.52. The van der Waals surface area contributed by atoms with E-state index in [4.69, 9.17) is 0 Å². The zero-order valence-electron chi connectivity index (χ0n) is 12.2. The van der Waals surface area contributed by atoms with E-state index >= 15 is 0 Å².